The van der Waals surface area contributed by atoms with E-state index in [0.29, 0.717) is 56.0 Å². The molecule has 2 heterocycles. The van der Waals surface area contributed by atoms with Gasteiger partial charge >= 0.3 is 5.91 Å². The van der Waals surface area contributed by atoms with Crippen LogP contribution < -0.4 is 14.4 Å². The number of anilines is 1. The molecule has 1 saturated heterocycles. The minimum absolute atomic E-state index is 0.0600. The number of halogens is 2. The lowest BCUT2D eigenvalue weighted by Crippen LogP contribution is -2.29. The summed E-state index contributed by atoms with van der Waals surface area (Å²) in [6, 6.07) is 18.1. The molecule has 0 aliphatic carbocycles. The summed E-state index contributed by atoms with van der Waals surface area (Å²) in [4.78, 5) is 28.3. The average molecular weight is 643 g/mol. The molecule has 1 aromatic heterocycles. The first-order valence-corrected chi connectivity index (χ1v) is 15.5. The van der Waals surface area contributed by atoms with Crippen molar-refractivity contribution in [1.82, 2.24) is 10.2 Å². The van der Waals surface area contributed by atoms with E-state index < -0.39 is 17.7 Å². The van der Waals surface area contributed by atoms with E-state index in [1.54, 1.807) is 60.7 Å². The van der Waals surface area contributed by atoms with Gasteiger partial charge in [0.2, 0.25) is 5.13 Å². The number of ether oxygens (including phenoxy) is 2. The Morgan fingerprint density at radius 3 is 2.43 bits per heavy atom. The Bertz CT molecular complexity index is 1660. The fourth-order valence-electron chi connectivity index (χ4n) is 4.47. The number of nitrogens with zero attached hydrogens (tertiary/aromatic N) is 3. The molecular formula is C30H25Cl2N3O5S2. The smallest absolute Gasteiger partial charge is 0.301 e. The van der Waals surface area contributed by atoms with Crippen LogP contribution in [0.4, 0.5) is 5.13 Å². The Morgan fingerprint density at radius 1 is 0.976 bits per heavy atom. The minimum atomic E-state index is -0.989. The van der Waals surface area contributed by atoms with Gasteiger partial charge in [-0.25, -0.2) is 0 Å². The summed E-state index contributed by atoms with van der Waals surface area (Å²) in [7, 11) is 0. The van der Waals surface area contributed by atoms with Crippen molar-refractivity contribution in [2.45, 2.75) is 30.0 Å². The molecule has 1 unspecified atom stereocenters. The first-order chi connectivity index (χ1) is 20.3. The highest BCUT2D eigenvalue weighted by Gasteiger charge is 2.48. The molecule has 5 rings (SSSR count). The van der Waals surface area contributed by atoms with E-state index in [0.717, 1.165) is 16.9 Å². The zero-order valence-electron chi connectivity index (χ0n) is 22.5. The highest BCUT2D eigenvalue weighted by molar-refractivity contribution is 8.00. The van der Waals surface area contributed by atoms with Crippen LogP contribution in [-0.2, 0) is 15.3 Å². The number of carbonyl (C=O) groups is 2. The molecule has 1 aliphatic heterocycles. The zero-order valence-corrected chi connectivity index (χ0v) is 25.7. The Kier molecular flexibility index (Phi) is 9.37. The van der Waals surface area contributed by atoms with E-state index in [1.807, 2.05) is 19.9 Å². The van der Waals surface area contributed by atoms with Gasteiger partial charge in [0.25, 0.3) is 5.78 Å². The molecule has 216 valence electrons. The Balaban J connectivity index is 1.57. The van der Waals surface area contributed by atoms with E-state index in [2.05, 4.69) is 10.2 Å². The molecule has 4 aromatic rings. The first-order valence-electron chi connectivity index (χ1n) is 13.0. The number of carbonyl (C=O) groups excluding carboxylic acids is 2. The third-order valence-electron chi connectivity index (χ3n) is 6.34. The van der Waals surface area contributed by atoms with Gasteiger partial charge in [-0.05, 0) is 49.2 Å². The van der Waals surface area contributed by atoms with Gasteiger partial charge in [0.05, 0.1) is 24.8 Å². The van der Waals surface area contributed by atoms with Crippen molar-refractivity contribution >= 4 is 68.9 Å². The topological polar surface area (TPSA) is 102 Å². The largest absolute Gasteiger partial charge is 0.507 e. The molecule has 3 aromatic carbocycles. The summed E-state index contributed by atoms with van der Waals surface area (Å²) in [6.45, 7) is 4.52. The van der Waals surface area contributed by atoms with Crippen LogP contribution in [0.2, 0.25) is 10.0 Å². The van der Waals surface area contributed by atoms with Crippen molar-refractivity contribution in [3.05, 3.63) is 99.0 Å². The lowest BCUT2D eigenvalue weighted by atomic mass is 9.95. The maximum absolute atomic E-state index is 13.6. The molecule has 0 saturated carbocycles. The predicted molar refractivity (Wildman–Crippen MR) is 166 cm³/mol. The molecule has 0 radical (unpaired) electrons. The van der Waals surface area contributed by atoms with E-state index in [1.165, 1.54) is 16.7 Å². The number of benzene rings is 3. The van der Waals surface area contributed by atoms with Crippen molar-refractivity contribution in [2.75, 3.05) is 18.1 Å². The maximum atomic E-state index is 13.6. The summed E-state index contributed by atoms with van der Waals surface area (Å²) in [6.07, 6.45) is 0. The number of thioether (sulfide) groups is 1. The number of hydrogen-bond donors (Lipinski definition) is 1. The zero-order chi connectivity index (χ0) is 29.8. The number of Topliss-reactive ketones (excluding diaryl/α,β-unsaturated/α-hetero) is 1. The first kappa shape index (κ1) is 29.9. The lowest BCUT2D eigenvalue weighted by Gasteiger charge is -2.23. The lowest BCUT2D eigenvalue weighted by molar-refractivity contribution is -0.132. The van der Waals surface area contributed by atoms with Gasteiger partial charge in [0.15, 0.2) is 15.8 Å². The number of amides is 1. The quantitative estimate of drug-likeness (QED) is 0.0622. The van der Waals surface area contributed by atoms with Crippen LogP contribution in [0.15, 0.2) is 76.6 Å². The highest BCUT2D eigenvalue weighted by Crippen LogP contribution is 2.45. The van der Waals surface area contributed by atoms with Crippen molar-refractivity contribution in [3.8, 4) is 11.5 Å². The summed E-state index contributed by atoms with van der Waals surface area (Å²) in [5.41, 5.74) is 1.75. The van der Waals surface area contributed by atoms with E-state index in [4.69, 9.17) is 32.7 Å². The molecule has 8 nitrogen and oxygen atoms in total. The van der Waals surface area contributed by atoms with Gasteiger partial charge in [-0.15, -0.1) is 10.2 Å². The number of rotatable bonds is 10. The number of aliphatic hydroxyl groups excluding tert-OH is 1. The van der Waals surface area contributed by atoms with E-state index in [-0.39, 0.29) is 16.5 Å². The van der Waals surface area contributed by atoms with E-state index in [9.17, 15) is 14.7 Å². The van der Waals surface area contributed by atoms with Crippen molar-refractivity contribution in [3.63, 3.8) is 0 Å². The predicted octanol–water partition coefficient (Wildman–Crippen LogP) is 7.56. The van der Waals surface area contributed by atoms with Crippen LogP contribution >= 0.6 is 46.3 Å². The van der Waals surface area contributed by atoms with Crippen LogP contribution in [0.5, 0.6) is 11.5 Å². The third kappa shape index (κ3) is 6.12. The van der Waals surface area contributed by atoms with Crippen LogP contribution in [0, 0.1) is 0 Å². The number of aliphatic hydroxyl groups is 1. The molecule has 0 spiro atoms. The molecule has 1 atom stereocenters. The van der Waals surface area contributed by atoms with Gasteiger partial charge in [0.1, 0.15) is 5.76 Å². The van der Waals surface area contributed by atoms with Gasteiger partial charge < -0.3 is 14.6 Å². The fourth-order valence-corrected chi connectivity index (χ4v) is 6.90. The van der Waals surface area contributed by atoms with Gasteiger partial charge in [-0.1, -0.05) is 88.8 Å². The number of hydrogen-bond acceptors (Lipinski definition) is 9. The van der Waals surface area contributed by atoms with Gasteiger partial charge in [0, 0.05) is 21.4 Å². The standard InChI is InChI=1S/C30H25Cl2N3O5S2/c1-3-39-22-13-11-18(14-23(22)40-4-2)25-24(26(36)17-8-6-5-7-9-17)27(37)28(38)35(25)29-33-34-30(42-29)41-16-19-10-12-20(31)15-21(19)32/h5-15,25,36H,3-4,16H2,1-2H3. The maximum Gasteiger partial charge on any atom is 0.301 e. The molecule has 1 fully saturated rings. The average Bonchev–Trinajstić information content (AvgIpc) is 3.55. The summed E-state index contributed by atoms with van der Waals surface area (Å²) < 4.78 is 12.1. The molecule has 12 heteroatoms. The van der Waals surface area contributed by atoms with Gasteiger partial charge in [-0.2, -0.15) is 0 Å². The Labute approximate surface area is 260 Å². The minimum Gasteiger partial charge on any atom is -0.507 e. The summed E-state index contributed by atoms with van der Waals surface area (Å²) in [5.74, 6) is -0.459. The third-order valence-corrected chi connectivity index (χ3v) is 9.03. The Morgan fingerprint density at radius 2 is 1.71 bits per heavy atom. The second-order valence-corrected chi connectivity index (χ2v) is 12.0. The summed E-state index contributed by atoms with van der Waals surface area (Å²) >= 11 is 14.9. The van der Waals surface area contributed by atoms with Crippen LogP contribution in [0.1, 0.15) is 36.6 Å². The normalized spacial score (nSPS) is 16.2. The monoisotopic (exact) mass is 641 g/mol. The second-order valence-electron chi connectivity index (χ2n) is 8.98. The van der Waals surface area contributed by atoms with Crippen molar-refractivity contribution in [2.24, 2.45) is 0 Å². The Hall–Kier alpha value is -3.57. The number of aromatic nitrogens is 2. The summed E-state index contributed by atoms with van der Waals surface area (Å²) in [5, 5.41) is 21.2. The SMILES string of the molecule is CCOc1ccc(C2C(=C(O)c3ccccc3)C(=O)C(=O)N2c2nnc(SCc3ccc(Cl)cc3Cl)s2)cc1OCC. The highest BCUT2D eigenvalue weighted by atomic mass is 35.5. The molecule has 1 amide bonds. The molecule has 42 heavy (non-hydrogen) atoms. The van der Waals surface area contributed by atoms with Crippen molar-refractivity contribution in [1.29, 1.82) is 0 Å². The molecular weight excluding hydrogens is 617 g/mol. The van der Waals surface area contributed by atoms with Crippen LogP contribution in [0.25, 0.3) is 5.76 Å². The molecule has 1 aliphatic rings. The van der Waals surface area contributed by atoms with E-state index >= 15 is 0 Å². The van der Waals surface area contributed by atoms with Gasteiger partial charge in [-0.3, -0.25) is 14.5 Å². The fraction of sp³-hybridized carbons (Fsp3) is 0.200. The van der Waals surface area contributed by atoms with Crippen LogP contribution in [0.3, 0.4) is 0 Å². The number of ketones is 1. The second kappa shape index (κ2) is 13.2. The molecule has 0 bridgehead atoms. The van der Waals surface area contributed by atoms with Crippen LogP contribution in [-0.4, -0.2) is 40.2 Å². The molecule has 1 N–H and O–H groups in total. The van der Waals surface area contributed by atoms with Crippen molar-refractivity contribution < 1.29 is 24.2 Å².